The molecule has 0 aliphatic rings. The number of hydrogen-bond donors (Lipinski definition) is 1. The minimum absolute atomic E-state index is 0.158. The number of aliphatic hydroxyl groups excluding tert-OH is 1. The van der Waals surface area contributed by atoms with Crippen LogP contribution in [0.15, 0.2) is 24.3 Å². The molecule has 1 aromatic carbocycles. The van der Waals surface area contributed by atoms with Gasteiger partial charge in [-0.25, -0.2) is 0 Å². The Morgan fingerprint density at radius 1 is 1.22 bits per heavy atom. The van der Waals surface area contributed by atoms with Gasteiger partial charge in [-0.3, -0.25) is 0 Å². The van der Waals surface area contributed by atoms with Gasteiger partial charge in [0, 0.05) is 0 Å². The second-order valence-corrected chi connectivity index (χ2v) is 4.49. The van der Waals surface area contributed by atoms with Crippen LogP contribution in [0.3, 0.4) is 0 Å². The van der Waals surface area contributed by atoms with E-state index in [0.29, 0.717) is 0 Å². The average Bonchev–Trinajstić information content (AvgIpc) is 1.90. The molecule has 1 N–H and O–H groups in total. The van der Waals surface area contributed by atoms with Gasteiger partial charge in [-0.2, -0.15) is 0 Å². The molecule has 0 fully saturated rings. The Morgan fingerprint density at radius 3 is 2.22 bits per heavy atom. The molecular formula is C7H9BiO. The van der Waals surface area contributed by atoms with Gasteiger partial charge >= 0.3 is 69.5 Å². The van der Waals surface area contributed by atoms with Crippen molar-refractivity contribution in [3.8, 4) is 0 Å². The molecule has 0 heterocycles. The van der Waals surface area contributed by atoms with E-state index in [4.69, 9.17) is 5.11 Å². The average molecular weight is 318 g/mol. The third-order valence-corrected chi connectivity index (χ3v) is 2.66. The van der Waals surface area contributed by atoms with E-state index in [-0.39, 0.29) is 6.61 Å². The Labute approximate surface area is 69.6 Å². The van der Waals surface area contributed by atoms with Crippen molar-refractivity contribution in [1.29, 1.82) is 0 Å². The minimum atomic E-state index is 0.158. The second kappa shape index (κ2) is 3.29. The predicted octanol–water partition coefficient (Wildman–Crippen LogP) is -0.563. The van der Waals surface area contributed by atoms with Crippen molar-refractivity contribution in [2.75, 3.05) is 0 Å². The summed E-state index contributed by atoms with van der Waals surface area (Å²) in [6, 6.07) is 8.07. The van der Waals surface area contributed by atoms with Crippen molar-refractivity contribution in [1.82, 2.24) is 0 Å². The van der Waals surface area contributed by atoms with Crippen LogP contribution in [0, 0.1) is 0 Å². The van der Waals surface area contributed by atoms with E-state index in [1.54, 1.807) is 0 Å². The van der Waals surface area contributed by atoms with E-state index in [1.807, 2.05) is 12.1 Å². The third-order valence-electron chi connectivity index (χ3n) is 1.16. The summed E-state index contributed by atoms with van der Waals surface area (Å²) in [6.45, 7) is 0.158. The van der Waals surface area contributed by atoms with E-state index in [9.17, 15) is 0 Å². The first-order chi connectivity index (χ1) is 4.33. The first kappa shape index (κ1) is 7.17. The molecule has 9 heavy (non-hydrogen) atoms. The monoisotopic (exact) mass is 318 g/mol. The summed E-state index contributed by atoms with van der Waals surface area (Å²) in [7, 11) is 0. The molecule has 1 aromatic rings. The zero-order valence-corrected chi connectivity index (χ0v) is 9.53. The van der Waals surface area contributed by atoms with E-state index in [0.717, 1.165) is 30.3 Å². The SMILES string of the molecule is OCc1cc[c]([BiH2])cc1. The van der Waals surface area contributed by atoms with E-state index in [1.165, 1.54) is 3.27 Å². The Balaban J connectivity index is 2.88. The Kier molecular flexibility index (Phi) is 2.62. The summed E-state index contributed by atoms with van der Waals surface area (Å²) >= 11 is 0.905. The summed E-state index contributed by atoms with van der Waals surface area (Å²) < 4.78 is 1.40. The second-order valence-electron chi connectivity index (χ2n) is 1.90. The van der Waals surface area contributed by atoms with Crippen molar-refractivity contribution < 1.29 is 5.11 Å². The van der Waals surface area contributed by atoms with Crippen molar-refractivity contribution in [2.45, 2.75) is 6.61 Å². The number of aliphatic hydroxyl groups is 1. The molecule has 0 bridgehead atoms. The molecule has 0 aromatic heterocycles. The fourth-order valence-electron chi connectivity index (χ4n) is 0.623. The normalized spacial score (nSPS) is 9.56. The fraction of sp³-hybridized carbons (Fsp3) is 0.143. The van der Waals surface area contributed by atoms with Crippen LogP contribution in [0.2, 0.25) is 0 Å². The molecule has 0 saturated carbocycles. The zero-order chi connectivity index (χ0) is 6.69. The molecule has 1 nitrogen and oxygen atoms in total. The number of rotatable bonds is 1. The van der Waals surface area contributed by atoms with Crippen LogP contribution in [0.25, 0.3) is 0 Å². The molecule has 0 spiro atoms. The van der Waals surface area contributed by atoms with Crippen LogP contribution in [0.4, 0.5) is 0 Å². The van der Waals surface area contributed by atoms with Gasteiger partial charge in [-0.1, -0.05) is 0 Å². The quantitative estimate of drug-likeness (QED) is 0.688. The van der Waals surface area contributed by atoms with E-state index < -0.39 is 0 Å². The molecule has 0 aliphatic carbocycles. The van der Waals surface area contributed by atoms with Gasteiger partial charge in [-0.15, -0.1) is 0 Å². The maximum absolute atomic E-state index is 8.64. The van der Waals surface area contributed by atoms with Gasteiger partial charge in [0.2, 0.25) is 0 Å². The van der Waals surface area contributed by atoms with Gasteiger partial charge in [0.15, 0.2) is 0 Å². The number of hydrogen-bond acceptors (Lipinski definition) is 1. The molecule has 48 valence electrons. The molecule has 0 radical (unpaired) electrons. The van der Waals surface area contributed by atoms with Crippen molar-refractivity contribution in [2.24, 2.45) is 0 Å². The van der Waals surface area contributed by atoms with Crippen LogP contribution in [-0.4, -0.2) is 29.8 Å². The number of benzene rings is 1. The van der Waals surface area contributed by atoms with Crippen LogP contribution in [0.5, 0.6) is 0 Å². The standard InChI is InChI=1S/C7H7O.Bi.2H/c8-6-7-4-2-1-3-5-7;;;/h2-5,8H,6H2;;;. The molecule has 2 heteroatoms. The van der Waals surface area contributed by atoms with Crippen LogP contribution >= 0.6 is 0 Å². The first-order valence-electron chi connectivity index (χ1n) is 2.78. The van der Waals surface area contributed by atoms with Gasteiger partial charge in [0.25, 0.3) is 0 Å². The summed E-state index contributed by atoms with van der Waals surface area (Å²) in [4.78, 5) is 0. The summed E-state index contributed by atoms with van der Waals surface area (Å²) in [5.74, 6) is 0. The molecule has 0 atom stereocenters. The summed E-state index contributed by atoms with van der Waals surface area (Å²) in [5, 5.41) is 8.64. The molecular weight excluding hydrogens is 309 g/mol. The fourth-order valence-corrected chi connectivity index (χ4v) is 1.37. The van der Waals surface area contributed by atoms with E-state index >= 15 is 0 Å². The Hall–Kier alpha value is 0.0631. The molecule has 0 saturated heterocycles. The van der Waals surface area contributed by atoms with Gasteiger partial charge in [0.05, 0.1) is 0 Å². The zero-order valence-electron chi connectivity index (χ0n) is 5.04. The van der Waals surface area contributed by atoms with Crippen molar-refractivity contribution in [3.05, 3.63) is 29.8 Å². The van der Waals surface area contributed by atoms with Crippen molar-refractivity contribution >= 4 is 28.0 Å². The molecule has 1 rings (SSSR count). The molecule has 0 unspecified atom stereocenters. The molecule has 0 aliphatic heterocycles. The van der Waals surface area contributed by atoms with Crippen LogP contribution < -0.4 is 3.27 Å². The van der Waals surface area contributed by atoms with Crippen molar-refractivity contribution in [3.63, 3.8) is 0 Å². The van der Waals surface area contributed by atoms with Gasteiger partial charge < -0.3 is 0 Å². The van der Waals surface area contributed by atoms with E-state index in [2.05, 4.69) is 12.1 Å². The van der Waals surface area contributed by atoms with Gasteiger partial charge in [-0.05, 0) is 0 Å². The maximum atomic E-state index is 8.64. The summed E-state index contributed by atoms with van der Waals surface area (Å²) in [6.07, 6.45) is 0. The van der Waals surface area contributed by atoms with Crippen LogP contribution in [0.1, 0.15) is 5.56 Å². The van der Waals surface area contributed by atoms with Crippen LogP contribution in [-0.2, 0) is 6.61 Å². The predicted molar refractivity (Wildman–Crippen MR) is 40.5 cm³/mol. The Bertz CT molecular complexity index is 181. The summed E-state index contributed by atoms with van der Waals surface area (Å²) in [5.41, 5.74) is 0.999. The van der Waals surface area contributed by atoms with Gasteiger partial charge in [0.1, 0.15) is 0 Å². The molecule has 0 amide bonds. The first-order valence-corrected chi connectivity index (χ1v) is 5.02. The topological polar surface area (TPSA) is 20.2 Å². The Morgan fingerprint density at radius 2 is 1.78 bits per heavy atom. The third kappa shape index (κ3) is 2.04.